The molecule has 1 N–H and O–H groups in total. The highest BCUT2D eigenvalue weighted by molar-refractivity contribution is 7.92. The van der Waals surface area contributed by atoms with E-state index >= 15 is 0 Å². The number of hydrogen-bond acceptors (Lipinski definition) is 4. The topological polar surface area (TPSA) is 86.8 Å². The monoisotopic (exact) mass is 535 g/mol. The van der Waals surface area contributed by atoms with Crippen molar-refractivity contribution >= 4 is 61.5 Å². The van der Waals surface area contributed by atoms with E-state index in [0.717, 1.165) is 15.9 Å². The summed E-state index contributed by atoms with van der Waals surface area (Å²) in [6.45, 7) is 1.21. The Morgan fingerprint density at radius 1 is 0.971 bits per heavy atom. The highest BCUT2D eigenvalue weighted by Gasteiger charge is 2.32. The second-order valence-corrected chi connectivity index (χ2v) is 10.7. The minimum Gasteiger partial charge on any atom is -0.357 e. The van der Waals surface area contributed by atoms with E-state index < -0.39 is 28.5 Å². The molecule has 1 atom stereocenters. The van der Waals surface area contributed by atoms with Crippen molar-refractivity contribution in [2.45, 2.75) is 25.9 Å². The van der Waals surface area contributed by atoms with Crippen LogP contribution in [0.2, 0.25) is 10.0 Å². The highest BCUT2D eigenvalue weighted by Crippen LogP contribution is 2.30. The van der Waals surface area contributed by atoms with Gasteiger partial charge in [0.05, 0.1) is 11.9 Å². The molecular formula is C25H27Cl2N3O4S. The summed E-state index contributed by atoms with van der Waals surface area (Å²) in [5.74, 6) is -0.935. The Morgan fingerprint density at radius 3 is 2.17 bits per heavy atom. The van der Waals surface area contributed by atoms with E-state index in [4.69, 9.17) is 23.2 Å². The second kappa shape index (κ2) is 11.3. The number of nitrogens with zero attached hydrogens (tertiary/aromatic N) is 2. The first-order valence-electron chi connectivity index (χ1n) is 11.0. The van der Waals surface area contributed by atoms with Crippen molar-refractivity contribution in [3.8, 4) is 0 Å². The van der Waals surface area contributed by atoms with Crippen LogP contribution in [0.1, 0.15) is 18.9 Å². The van der Waals surface area contributed by atoms with E-state index in [9.17, 15) is 18.0 Å². The molecule has 35 heavy (non-hydrogen) atoms. The molecule has 0 spiro atoms. The number of carbonyl (C=O) groups is 2. The zero-order valence-corrected chi connectivity index (χ0v) is 22.0. The van der Waals surface area contributed by atoms with E-state index in [-0.39, 0.29) is 12.5 Å². The molecule has 3 aromatic carbocycles. The summed E-state index contributed by atoms with van der Waals surface area (Å²) >= 11 is 12.7. The minimum absolute atomic E-state index is 0.0591. The Labute approximate surface area is 215 Å². The van der Waals surface area contributed by atoms with Gasteiger partial charge < -0.3 is 10.2 Å². The molecule has 0 saturated carbocycles. The van der Waals surface area contributed by atoms with Gasteiger partial charge in [-0.3, -0.25) is 13.9 Å². The first-order valence-corrected chi connectivity index (χ1v) is 13.6. The maximum absolute atomic E-state index is 13.7. The Morgan fingerprint density at radius 2 is 1.57 bits per heavy atom. The van der Waals surface area contributed by atoms with Crippen LogP contribution in [0, 0.1) is 0 Å². The smallest absolute Gasteiger partial charge is 0.244 e. The zero-order chi connectivity index (χ0) is 25.8. The molecule has 0 aliphatic heterocycles. The third kappa shape index (κ3) is 6.07. The summed E-state index contributed by atoms with van der Waals surface area (Å²) in [5, 5.41) is 4.79. The van der Waals surface area contributed by atoms with Crippen LogP contribution >= 0.6 is 23.2 Å². The summed E-state index contributed by atoms with van der Waals surface area (Å²) in [5.41, 5.74) is 0.852. The largest absolute Gasteiger partial charge is 0.357 e. The number of carbonyl (C=O) groups excluding carboxylic acids is 2. The van der Waals surface area contributed by atoms with Crippen LogP contribution in [-0.4, -0.2) is 51.0 Å². The quantitative estimate of drug-likeness (QED) is 0.438. The first kappa shape index (κ1) is 26.8. The average Bonchev–Trinajstić information content (AvgIpc) is 2.82. The predicted octanol–water partition coefficient (Wildman–Crippen LogP) is 4.47. The van der Waals surface area contributed by atoms with Gasteiger partial charge in [0.15, 0.2) is 0 Å². The standard InChI is InChI=1S/C25H27Cl2N3O4S/c1-4-22(25(32)28-2)29(15-19-20(26)12-8-13-21(19)27)24(31)16-30(35(3,33)34)23-14-7-10-17-9-5-6-11-18(17)23/h5-14,22H,4,15-16H2,1-3H3,(H,28,32)/t22-/m1/s1. The fourth-order valence-electron chi connectivity index (χ4n) is 3.96. The van der Waals surface area contributed by atoms with Gasteiger partial charge >= 0.3 is 0 Å². The molecule has 0 fully saturated rings. The predicted molar refractivity (Wildman–Crippen MR) is 141 cm³/mol. The van der Waals surface area contributed by atoms with Crippen molar-refractivity contribution in [1.82, 2.24) is 10.2 Å². The van der Waals surface area contributed by atoms with Gasteiger partial charge in [-0.1, -0.05) is 72.6 Å². The van der Waals surface area contributed by atoms with Gasteiger partial charge in [0.1, 0.15) is 12.6 Å². The normalized spacial score (nSPS) is 12.3. The van der Waals surface area contributed by atoms with E-state index in [1.807, 2.05) is 18.2 Å². The Bertz CT molecular complexity index is 1320. The number of halogens is 2. The molecule has 7 nitrogen and oxygen atoms in total. The van der Waals surface area contributed by atoms with Crippen LogP contribution in [0.3, 0.4) is 0 Å². The molecule has 3 rings (SSSR count). The number of hydrogen-bond donors (Lipinski definition) is 1. The molecule has 2 amide bonds. The fourth-order valence-corrected chi connectivity index (χ4v) is 5.34. The van der Waals surface area contributed by atoms with Crippen molar-refractivity contribution in [3.63, 3.8) is 0 Å². The SMILES string of the molecule is CC[C@H](C(=O)NC)N(Cc1c(Cl)cccc1Cl)C(=O)CN(c1cccc2ccccc12)S(C)(=O)=O. The van der Waals surface area contributed by atoms with Crippen LogP contribution in [0.4, 0.5) is 5.69 Å². The van der Waals surface area contributed by atoms with Gasteiger partial charge in [-0.2, -0.15) is 0 Å². The summed E-state index contributed by atoms with van der Waals surface area (Å²) in [7, 11) is -2.37. The van der Waals surface area contributed by atoms with Crippen molar-refractivity contribution in [2.75, 3.05) is 24.2 Å². The lowest BCUT2D eigenvalue weighted by Gasteiger charge is -2.33. The van der Waals surface area contributed by atoms with Gasteiger partial charge in [0.2, 0.25) is 21.8 Å². The number of nitrogens with one attached hydrogen (secondary N) is 1. The fraction of sp³-hybridized carbons (Fsp3) is 0.280. The lowest BCUT2D eigenvalue weighted by Crippen LogP contribution is -2.51. The molecule has 0 aliphatic rings. The minimum atomic E-state index is -3.85. The van der Waals surface area contributed by atoms with Crippen LogP contribution in [0.25, 0.3) is 10.8 Å². The van der Waals surface area contributed by atoms with Gasteiger partial charge in [-0.05, 0) is 30.0 Å². The molecule has 0 heterocycles. The van der Waals surface area contributed by atoms with Gasteiger partial charge in [0.25, 0.3) is 0 Å². The lowest BCUT2D eigenvalue weighted by molar-refractivity contribution is -0.140. The number of likely N-dealkylation sites (N-methyl/N-ethyl adjacent to an activating group) is 1. The Hall–Kier alpha value is -2.81. The molecule has 186 valence electrons. The molecule has 0 saturated heterocycles. The van der Waals surface area contributed by atoms with Crippen LogP contribution < -0.4 is 9.62 Å². The molecular weight excluding hydrogens is 509 g/mol. The molecule has 3 aromatic rings. The number of anilines is 1. The van der Waals surface area contributed by atoms with Crippen LogP contribution in [-0.2, 0) is 26.2 Å². The lowest BCUT2D eigenvalue weighted by atomic mass is 10.1. The number of benzene rings is 3. The summed E-state index contributed by atoms with van der Waals surface area (Å²) < 4.78 is 26.8. The summed E-state index contributed by atoms with van der Waals surface area (Å²) in [6, 6.07) is 16.7. The molecule has 10 heteroatoms. The van der Waals surface area contributed by atoms with Crippen molar-refractivity contribution < 1.29 is 18.0 Å². The highest BCUT2D eigenvalue weighted by atomic mass is 35.5. The molecule has 0 unspecified atom stereocenters. The molecule has 0 aliphatic carbocycles. The van der Waals surface area contributed by atoms with E-state index in [2.05, 4.69) is 5.32 Å². The van der Waals surface area contributed by atoms with Gasteiger partial charge in [-0.15, -0.1) is 0 Å². The number of rotatable bonds is 9. The first-order chi connectivity index (χ1) is 16.6. The summed E-state index contributed by atoms with van der Waals surface area (Å²) in [4.78, 5) is 27.7. The van der Waals surface area contributed by atoms with Crippen LogP contribution in [0.15, 0.2) is 60.7 Å². The second-order valence-electron chi connectivity index (χ2n) is 8.03. The maximum Gasteiger partial charge on any atom is 0.244 e. The number of amides is 2. The third-order valence-corrected chi connectivity index (χ3v) is 7.57. The number of fused-ring (bicyclic) bond motifs is 1. The maximum atomic E-state index is 13.7. The Kier molecular flexibility index (Phi) is 8.64. The molecule has 0 aromatic heterocycles. The third-order valence-electron chi connectivity index (χ3n) is 5.74. The van der Waals surface area contributed by atoms with E-state index in [0.29, 0.717) is 33.1 Å². The molecule has 0 radical (unpaired) electrons. The van der Waals surface area contributed by atoms with E-state index in [1.54, 1.807) is 49.4 Å². The average molecular weight is 536 g/mol. The van der Waals surface area contributed by atoms with Crippen molar-refractivity contribution in [1.29, 1.82) is 0 Å². The van der Waals surface area contributed by atoms with Gasteiger partial charge in [0, 0.05) is 34.6 Å². The van der Waals surface area contributed by atoms with Crippen molar-refractivity contribution in [3.05, 3.63) is 76.3 Å². The Balaban J connectivity index is 2.07. The van der Waals surface area contributed by atoms with E-state index in [1.165, 1.54) is 11.9 Å². The van der Waals surface area contributed by atoms with Gasteiger partial charge in [-0.25, -0.2) is 8.42 Å². The number of sulfonamides is 1. The summed E-state index contributed by atoms with van der Waals surface area (Å²) in [6.07, 6.45) is 1.36. The van der Waals surface area contributed by atoms with Crippen LogP contribution in [0.5, 0.6) is 0 Å². The van der Waals surface area contributed by atoms with Crippen molar-refractivity contribution in [2.24, 2.45) is 0 Å². The zero-order valence-electron chi connectivity index (χ0n) is 19.7. The molecule has 0 bridgehead atoms.